The first-order valence-electron chi connectivity index (χ1n) is 33.6. The van der Waals surface area contributed by atoms with Crippen LogP contribution in [0.3, 0.4) is 0 Å². The number of fused-ring (bicyclic) bond motifs is 20. The summed E-state index contributed by atoms with van der Waals surface area (Å²) in [6.07, 6.45) is 7.78. The van der Waals surface area contributed by atoms with Crippen LogP contribution in [0.15, 0.2) is 287 Å². The highest BCUT2D eigenvalue weighted by atomic mass is 32.2. The normalized spacial score (nSPS) is 11.7. The van der Waals surface area contributed by atoms with Crippen LogP contribution in [0.2, 0.25) is 0 Å². The van der Waals surface area contributed by atoms with Crippen molar-refractivity contribution in [3.63, 3.8) is 0 Å². The molecule has 8 heterocycles. The first-order valence-corrected chi connectivity index (χ1v) is 35.2. The predicted molar refractivity (Wildman–Crippen MR) is 405 cm³/mol. The Morgan fingerprint density at radius 2 is 0.457 bits per heavy atom. The average Bonchev–Trinajstić information content (AvgIpc) is 1.59. The quantitative estimate of drug-likeness (QED) is 0.173. The van der Waals surface area contributed by atoms with Crippen LogP contribution in [0.1, 0.15) is 93.9 Å². The molecule has 6 nitrogen and oxygen atoms in total. The van der Waals surface area contributed by atoms with E-state index in [4.69, 9.17) is 9.47 Å². The molecule has 0 N–H and O–H groups in total. The van der Waals surface area contributed by atoms with Crippen molar-refractivity contribution in [1.29, 1.82) is 0 Å². The fourth-order valence-electron chi connectivity index (χ4n) is 12.7. The standard InChI is InChI=1S/2C18H11NO.2C18H11NS.2C4H10.2C3H8/c4*1-2-8-14-12(6-1)13-7-5-11-17-18(13)19(14)15-9-3-4-10-16(15)20-17;2*1-3-4-2;2*1-3-2/h4*1-11H;2*3-4H2,1-2H3;2*3H2,1-2H3. The van der Waals surface area contributed by atoms with Crippen molar-refractivity contribution in [3.05, 3.63) is 267 Å². The van der Waals surface area contributed by atoms with E-state index in [9.17, 15) is 0 Å². The topological polar surface area (TPSA) is 38.2 Å². The molecule has 0 saturated carbocycles. The van der Waals surface area contributed by atoms with Crippen LogP contribution in [-0.2, 0) is 0 Å². The molecule has 468 valence electrons. The highest BCUT2D eigenvalue weighted by Gasteiger charge is 2.26. The number of benzene rings is 12. The zero-order valence-corrected chi connectivity index (χ0v) is 56.7. The molecule has 12 aromatic carbocycles. The Kier molecular flexibility index (Phi) is 19.1. The summed E-state index contributed by atoms with van der Waals surface area (Å²) >= 11 is 3.74. The maximum atomic E-state index is 6.06. The van der Waals surface area contributed by atoms with Gasteiger partial charge in [0.05, 0.1) is 66.9 Å². The molecule has 0 atom stereocenters. The minimum atomic E-state index is 0.911. The van der Waals surface area contributed by atoms with Crippen molar-refractivity contribution in [2.24, 2.45) is 0 Å². The Balaban J connectivity index is 0.000000107. The van der Waals surface area contributed by atoms with Crippen LogP contribution < -0.4 is 9.47 Å². The largest absolute Gasteiger partial charge is 0.453 e. The molecule has 4 aromatic heterocycles. The molecule has 0 amide bonds. The lowest BCUT2D eigenvalue weighted by atomic mass is 10.1. The van der Waals surface area contributed by atoms with E-state index in [2.05, 4.69) is 304 Å². The van der Waals surface area contributed by atoms with Crippen molar-refractivity contribution >= 4 is 111 Å². The molecule has 4 aliphatic heterocycles. The monoisotopic (exact) mass is 1260 g/mol. The molecule has 0 unspecified atom stereocenters. The van der Waals surface area contributed by atoms with Crippen molar-refractivity contribution in [1.82, 2.24) is 18.3 Å². The Hall–Kier alpha value is -9.86. The second kappa shape index (κ2) is 28.6. The first kappa shape index (κ1) is 62.9. The lowest BCUT2D eigenvalue weighted by Crippen LogP contribution is -2.03. The highest BCUT2D eigenvalue weighted by Crippen LogP contribution is 2.50. The van der Waals surface area contributed by atoms with Crippen molar-refractivity contribution in [3.8, 4) is 45.7 Å². The van der Waals surface area contributed by atoms with Gasteiger partial charge in [-0.05, 0) is 97.1 Å². The molecule has 8 heteroatoms. The van der Waals surface area contributed by atoms with Gasteiger partial charge in [0.1, 0.15) is 0 Å². The van der Waals surface area contributed by atoms with Gasteiger partial charge >= 0.3 is 0 Å². The lowest BCUT2D eigenvalue weighted by molar-refractivity contribution is 0.476. The molecule has 0 saturated heterocycles. The number of hydrogen-bond acceptors (Lipinski definition) is 4. The lowest BCUT2D eigenvalue weighted by Gasteiger charge is -2.20. The summed E-state index contributed by atoms with van der Waals surface area (Å²) in [7, 11) is 0. The number of ether oxygens (including phenoxy) is 2. The van der Waals surface area contributed by atoms with Crippen LogP contribution in [0.25, 0.3) is 110 Å². The van der Waals surface area contributed by atoms with E-state index in [0.29, 0.717) is 0 Å². The summed E-state index contributed by atoms with van der Waals surface area (Å²) in [5.41, 5.74) is 14.9. The smallest absolute Gasteiger partial charge is 0.152 e. The zero-order valence-electron chi connectivity index (χ0n) is 55.1. The van der Waals surface area contributed by atoms with E-state index in [1.54, 1.807) is 0 Å². The van der Waals surface area contributed by atoms with Gasteiger partial charge in [0.2, 0.25) is 0 Å². The number of unbranched alkanes of at least 4 members (excludes halogenated alkanes) is 2. The number of rotatable bonds is 2. The Labute approximate surface area is 561 Å². The van der Waals surface area contributed by atoms with E-state index < -0.39 is 0 Å². The summed E-state index contributed by atoms with van der Waals surface area (Å²) in [6.45, 7) is 17.2. The second-order valence-electron chi connectivity index (χ2n) is 23.7. The average molecular weight is 1270 g/mol. The molecule has 94 heavy (non-hydrogen) atoms. The summed E-state index contributed by atoms with van der Waals surface area (Å²) in [4.78, 5) is 5.34. The Morgan fingerprint density at radius 1 is 0.223 bits per heavy atom. The number of hydrogen-bond donors (Lipinski definition) is 0. The molecule has 20 rings (SSSR count). The third kappa shape index (κ3) is 11.6. The van der Waals surface area contributed by atoms with Crippen LogP contribution in [0, 0.1) is 0 Å². The molecular formula is C86H80N4O2S2. The van der Waals surface area contributed by atoms with E-state index in [1.807, 2.05) is 59.9 Å². The first-order chi connectivity index (χ1) is 46.4. The third-order valence-electron chi connectivity index (χ3n) is 16.9. The fraction of sp³-hybridized carbons (Fsp3) is 0.163. The van der Waals surface area contributed by atoms with Gasteiger partial charge in [-0.1, -0.05) is 287 Å². The van der Waals surface area contributed by atoms with Crippen LogP contribution in [0.5, 0.6) is 23.0 Å². The molecule has 0 fully saturated rings. The molecule has 0 radical (unpaired) electrons. The minimum absolute atomic E-state index is 0.911. The number of para-hydroxylation sites is 14. The van der Waals surface area contributed by atoms with Gasteiger partial charge in [0.15, 0.2) is 23.0 Å². The molecule has 0 aliphatic carbocycles. The SMILES string of the molecule is CCC.CCC.CCCC.CCCC.c1ccc2c(c1)Oc1cccc3c4ccccc4n-2c13.c1ccc2c(c1)Oc1cccc3c4ccccc4n-2c13.c1ccc2c(c1)Sc1cccc3c4ccccc4n-2c13.c1ccc2c(c1)Sc1cccc3c4ccccc4n-2c13. The second-order valence-corrected chi connectivity index (χ2v) is 25.9. The van der Waals surface area contributed by atoms with Crippen molar-refractivity contribution < 1.29 is 9.47 Å². The van der Waals surface area contributed by atoms with Gasteiger partial charge < -0.3 is 27.7 Å². The van der Waals surface area contributed by atoms with Crippen molar-refractivity contribution in [2.75, 3.05) is 0 Å². The number of aromatic nitrogens is 4. The minimum Gasteiger partial charge on any atom is -0.453 e. The van der Waals surface area contributed by atoms with E-state index in [0.717, 1.165) is 45.4 Å². The Bertz CT molecular complexity index is 4690. The summed E-state index contributed by atoms with van der Waals surface area (Å²) in [5.74, 6) is 3.68. The third-order valence-corrected chi connectivity index (χ3v) is 19.2. The molecule has 0 bridgehead atoms. The molecule has 16 aromatic rings. The highest BCUT2D eigenvalue weighted by molar-refractivity contribution is 8.00. The maximum Gasteiger partial charge on any atom is 0.152 e. The van der Waals surface area contributed by atoms with Gasteiger partial charge in [-0.25, -0.2) is 0 Å². The summed E-state index contributed by atoms with van der Waals surface area (Å²) in [5, 5.41) is 10.4. The predicted octanol–water partition coefficient (Wildman–Crippen LogP) is 26.7. The van der Waals surface area contributed by atoms with Crippen LogP contribution in [0.4, 0.5) is 0 Å². The zero-order chi connectivity index (χ0) is 64.7. The van der Waals surface area contributed by atoms with Gasteiger partial charge in [-0.15, -0.1) is 0 Å². The van der Waals surface area contributed by atoms with Gasteiger partial charge in [0, 0.05) is 62.7 Å². The van der Waals surface area contributed by atoms with Gasteiger partial charge in [-0.3, -0.25) is 0 Å². The molecule has 4 aliphatic rings. The van der Waals surface area contributed by atoms with Crippen molar-refractivity contribution in [2.45, 2.75) is 113 Å². The van der Waals surface area contributed by atoms with E-state index in [1.165, 1.54) is 146 Å². The molecule has 0 spiro atoms. The van der Waals surface area contributed by atoms with Gasteiger partial charge in [-0.2, -0.15) is 0 Å². The van der Waals surface area contributed by atoms with Crippen LogP contribution in [-0.4, -0.2) is 18.3 Å². The Morgan fingerprint density at radius 3 is 0.798 bits per heavy atom. The van der Waals surface area contributed by atoms with E-state index >= 15 is 0 Å². The molecular weight excluding hydrogens is 1190 g/mol. The summed E-state index contributed by atoms with van der Waals surface area (Å²) in [6, 6.07) is 93.8. The summed E-state index contributed by atoms with van der Waals surface area (Å²) < 4.78 is 21.5. The number of nitrogens with zero attached hydrogens (tertiary/aromatic N) is 4. The van der Waals surface area contributed by atoms with E-state index in [-0.39, 0.29) is 0 Å². The maximum absolute atomic E-state index is 6.06. The fourth-order valence-corrected chi connectivity index (χ4v) is 14.8. The van der Waals surface area contributed by atoms with Crippen LogP contribution >= 0.6 is 23.5 Å². The van der Waals surface area contributed by atoms with Gasteiger partial charge in [0.25, 0.3) is 0 Å².